The molecule has 0 bridgehead atoms. The Morgan fingerprint density at radius 1 is 1.29 bits per heavy atom. The molecule has 2 aliphatic rings. The predicted molar refractivity (Wildman–Crippen MR) is 140 cm³/mol. The quantitative estimate of drug-likeness (QED) is 0.315. The van der Waals surface area contributed by atoms with Crippen molar-refractivity contribution in [3.63, 3.8) is 0 Å². The summed E-state index contributed by atoms with van der Waals surface area (Å²) in [5.74, 6) is 0.526. The number of nitrogens with zero attached hydrogens (tertiary/aromatic N) is 3. The normalized spacial score (nSPS) is 21.7. The van der Waals surface area contributed by atoms with Crippen LogP contribution in [0.5, 0.6) is 0 Å². The zero-order chi connectivity index (χ0) is 24.8. The van der Waals surface area contributed by atoms with Gasteiger partial charge in [0.25, 0.3) is 5.91 Å². The molecule has 7 nitrogen and oxygen atoms in total. The molecule has 0 unspecified atom stereocenters. The second kappa shape index (κ2) is 11.5. The van der Waals surface area contributed by atoms with Crippen LogP contribution >= 0.6 is 0 Å². The Hall–Kier alpha value is -3.19. The summed E-state index contributed by atoms with van der Waals surface area (Å²) in [5.41, 5.74) is 10.8. The highest BCUT2D eigenvalue weighted by molar-refractivity contribution is 5.99. The van der Waals surface area contributed by atoms with Gasteiger partial charge < -0.3 is 15.8 Å². The molecule has 2 fully saturated rings. The molecule has 1 heterocycles. The van der Waals surface area contributed by atoms with Gasteiger partial charge in [0, 0.05) is 18.8 Å². The summed E-state index contributed by atoms with van der Waals surface area (Å²) in [4.78, 5) is 17.0. The fourth-order valence-corrected chi connectivity index (χ4v) is 5.20. The first kappa shape index (κ1) is 24.9. The van der Waals surface area contributed by atoms with Gasteiger partial charge in [0.2, 0.25) is 0 Å². The molecule has 1 aromatic heterocycles. The second-order valence-corrected chi connectivity index (χ2v) is 9.77. The molecule has 1 aromatic carbocycles. The van der Waals surface area contributed by atoms with Gasteiger partial charge in [0.05, 0.1) is 30.5 Å². The molecule has 1 amide bonds. The molecule has 35 heavy (non-hydrogen) atoms. The third kappa shape index (κ3) is 6.28. The van der Waals surface area contributed by atoms with Crippen molar-refractivity contribution in [3.8, 4) is 0 Å². The Balaban J connectivity index is 1.40. The lowest BCUT2D eigenvalue weighted by molar-refractivity contribution is -0.119. The van der Waals surface area contributed by atoms with Crippen LogP contribution < -0.4 is 11.1 Å². The molecule has 0 spiro atoms. The van der Waals surface area contributed by atoms with E-state index in [2.05, 4.69) is 46.4 Å². The Bertz CT molecular complexity index is 1110. The van der Waals surface area contributed by atoms with Gasteiger partial charge in [-0.3, -0.25) is 9.48 Å². The minimum atomic E-state index is -0.262. The number of aromatic nitrogens is 2. The predicted octanol–water partition coefficient (Wildman–Crippen LogP) is 4.61. The second-order valence-electron chi connectivity index (χ2n) is 9.77. The first-order valence-electron chi connectivity index (χ1n) is 12.6. The number of benzene rings is 1. The largest absolute Gasteiger partial charge is 0.383 e. The van der Waals surface area contributed by atoms with E-state index in [4.69, 9.17) is 10.5 Å². The van der Waals surface area contributed by atoms with Crippen molar-refractivity contribution in [2.45, 2.75) is 76.5 Å². The Morgan fingerprint density at radius 3 is 2.80 bits per heavy atom. The molecular weight excluding hydrogens is 438 g/mol. The number of aliphatic imine (C=N–C) groups is 1. The van der Waals surface area contributed by atoms with E-state index < -0.39 is 0 Å². The molecule has 2 aliphatic carbocycles. The number of carbonyl (C=O) groups excluding carboxylic acids is 1. The first-order chi connectivity index (χ1) is 16.9. The number of amides is 1. The zero-order valence-electron chi connectivity index (χ0n) is 20.9. The molecule has 3 N–H and O–H groups in total. The molecule has 2 aromatic rings. The standard InChI is InChI=1S/C28H37N5O2/c1-19(23-16-31-33(3)17-23)14-24(27(29)30-2)28(34)32-25-12-7-13-26(25)35-18-20-8-6-11-22(15-20)21-9-4-5-10-21/h6,8,11,14-17,21,25-26H,2,4-5,7,9-10,12-13,18,29H2,1,3H3,(H,32,34)/b19-14+,27-24+/t25-,26-/m0/s1. The van der Waals surface area contributed by atoms with Crippen LogP contribution in [0.15, 0.2) is 59.1 Å². The van der Waals surface area contributed by atoms with Crippen molar-refractivity contribution < 1.29 is 9.53 Å². The summed E-state index contributed by atoms with van der Waals surface area (Å²) < 4.78 is 8.03. The van der Waals surface area contributed by atoms with Gasteiger partial charge >= 0.3 is 0 Å². The van der Waals surface area contributed by atoms with Crippen LogP contribution in [-0.2, 0) is 23.2 Å². The fourth-order valence-electron chi connectivity index (χ4n) is 5.20. The molecule has 4 rings (SSSR count). The molecular formula is C28H37N5O2. The topological polar surface area (TPSA) is 94.5 Å². The summed E-state index contributed by atoms with van der Waals surface area (Å²) in [6, 6.07) is 8.73. The summed E-state index contributed by atoms with van der Waals surface area (Å²) in [5, 5.41) is 7.34. The van der Waals surface area contributed by atoms with Crippen LogP contribution in [0.3, 0.4) is 0 Å². The number of nitrogens with one attached hydrogen (secondary N) is 1. The summed E-state index contributed by atoms with van der Waals surface area (Å²) in [6.45, 7) is 5.98. The number of nitrogens with two attached hydrogens (primary N) is 1. The third-order valence-corrected chi connectivity index (χ3v) is 7.22. The first-order valence-corrected chi connectivity index (χ1v) is 12.6. The summed E-state index contributed by atoms with van der Waals surface area (Å²) in [6.07, 6.45) is 13.4. The molecule has 0 saturated heterocycles. The summed E-state index contributed by atoms with van der Waals surface area (Å²) >= 11 is 0. The van der Waals surface area contributed by atoms with Gasteiger partial charge in [-0.1, -0.05) is 37.1 Å². The molecule has 0 radical (unpaired) electrons. The monoisotopic (exact) mass is 475 g/mol. The van der Waals surface area contributed by atoms with E-state index in [0.29, 0.717) is 18.1 Å². The van der Waals surface area contributed by atoms with E-state index in [-0.39, 0.29) is 23.9 Å². The van der Waals surface area contributed by atoms with E-state index in [1.807, 2.05) is 20.2 Å². The molecule has 2 atom stereocenters. The van der Waals surface area contributed by atoms with Gasteiger partial charge in [-0.2, -0.15) is 5.10 Å². The smallest absolute Gasteiger partial charge is 0.255 e. The molecule has 186 valence electrons. The van der Waals surface area contributed by atoms with E-state index in [9.17, 15) is 4.79 Å². The van der Waals surface area contributed by atoms with Crippen molar-refractivity contribution >= 4 is 18.2 Å². The van der Waals surface area contributed by atoms with Crippen molar-refractivity contribution in [2.75, 3.05) is 0 Å². The summed E-state index contributed by atoms with van der Waals surface area (Å²) in [7, 11) is 1.85. The number of hydrogen-bond acceptors (Lipinski definition) is 5. The number of allylic oxidation sites excluding steroid dienone is 1. The van der Waals surface area contributed by atoms with E-state index in [0.717, 1.165) is 30.4 Å². The maximum absolute atomic E-state index is 13.2. The fraction of sp³-hybridized carbons (Fsp3) is 0.464. The Labute approximate surface area is 208 Å². The molecule has 2 saturated carbocycles. The van der Waals surface area contributed by atoms with Crippen LogP contribution in [0.25, 0.3) is 5.57 Å². The van der Waals surface area contributed by atoms with Crippen LogP contribution in [0, 0.1) is 0 Å². The van der Waals surface area contributed by atoms with Gasteiger partial charge in [-0.05, 0) is 74.4 Å². The van der Waals surface area contributed by atoms with Crippen molar-refractivity contribution in [1.29, 1.82) is 0 Å². The van der Waals surface area contributed by atoms with Gasteiger partial charge in [-0.15, -0.1) is 0 Å². The minimum Gasteiger partial charge on any atom is -0.383 e. The number of aryl methyl sites for hydroxylation is 1. The van der Waals surface area contributed by atoms with Gasteiger partial charge in [0.1, 0.15) is 5.82 Å². The molecule has 0 aliphatic heterocycles. The minimum absolute atomic E-state index is 0.0309. The van der Waals surface area contributed by atoms with Crippen LogP contribution in [-0.4, -0.2) is 34.6 Å². The number of ether oxygens (including phenoxy) is 1. The highest BCUT2D eigenvalue weighted by Crippen LogP contribution is 2.34. The SMILES string of the molecule is C=N/C(N)=C(\C=C(/C)c1cnn(C)c1)C(=O)N[C@H]1CCC[C@@H]1OCc1cccc(C2CCCC2)c1. The average Bonchev–Trinajstić information content (AvgIpc) is 3.63. The highest BCUT2D eigenvalue weighted by atomic mass is 16.5. The highest BCUT2D eigenvalue weighted by Gasteiger charge is 2.30. The lowest BCUT2D eigenvalue weighted by Crippen LogP contribution is -2.42. The number of rotatable bonds is 9. The van der Waals surface area contributed by atoms with Crippen LogP contribution in [0.1, 0.15) is 74.5 Å². The van der Waals surface area contributed by atoms with Crippen LogP contribution in [0.4, 0.5) is 0 Å². The third-order valence-electron chi connectivity index (χ3n) is 7.22. The van der Waals surface area contributed by atoms with Crippen molar-refractivity contribution in [1.82, 2.24) is 15.1 Å². The number of carbonyl (C=O) groups is 1. The lowest BCUT2D eigenvalue weighted by Gasteiger charge is -2.22. The Kier molecular flexibility index (Phi) is 8.18. The van der Waals surface area contributed by atoms with Crippen LogP contribution in [0.2, 0.25) is 0 Å². The number of hydrogen-bond donors (Lipinski definition) is 2. The lowest BCUT2D eigenvalue weighted by atomic mass is 9.96. The van der Waals surface area contributed by atoms with E-state index in [1.54, 1.807) is 17.0 Å². The van der Waals surface area contributed by atoms with Gasteiger partial charge in [-0.25, -0.2) is 4.99 Å². The van der Waals surface area contributed by atoms with Gasteiger partial charge in [0.15, 0.2) is 0 Å². The van der Waals surface area contributed by atoms with Crippen molar-refractivity contribution in [3.05, 3.63) is 70.8 Å². The maximum atomic E-state index is 13.2. The Morgan fingerprint density at radius 2 is 2.09 bits per heavy atom. The maximum Gasteiger partial charge on any atom is 0.255 e. The van der Waals surface area contributed by atoms with Crippen molar-refractivity contribution in [2.24, 2.45) is 17.8 Å². The zero-order valence-corrected chi connectivity index (χ0v) is 20.9. The van der Waals surface area contributed by atoms with E-state index in [1.165, 1.54) is 36.8 Å². The molecule has 7 heteroatoms. The average molecular weight is 476 g/mol. The van der Waals surface area contributed by atoms with E-state index >= 15 is 0 Å².